The van der Waals surface area contributed by atoms with Gasteiger partial charge in [-0.1, -0.05) is 43.9 Å². The van der Waals surface area contributed by atoms with E-state index >= 15 is 0 Å². The maximum absolute atomic E-state index is 6.14. The predicted molar refractivity (Wildman–Crippen MR) is 80.4 cm³/mol. The van der Waals surface area contributed by atoms with Crippen LogP contribution in [0, 0.1) is 0 Å². The molecule has 0 radical (unpaired) electrons. The topological polar surface area (TPSA) is 48.4 Å². The van der Waals surface area contributed by atoms with Crippen molar-refractivity contribution < 1.29 is 9.15 Å². The number of benzene rings is 1. The van der Waals surface area contributed by atoms with Gasteiger partial charge < -0.3 is 14.9 Å². The van der Waals surface area contributed by atoms with Crippen molar-refractivity contribution >= 4 is 11.0 Å². The third-order valence-corrected chi connectivity index (χ3v) is 4.23. The molecule has 2 aromatic rings. The largest absolute Gasteiger partial charge is 0.459 e. The molecule has 3 nitrogen and oxygen atoms in total. The Kier molecular flexibility index (Phi) is 4.38. The van der Waals surface area contributed by atoms with Crippen molar-refractivity contribution in [1.29, 1.82) is 0 Å². The molecule has 1 aliphatic carbocycles. The van der Waals surface area contributed by atoms with Crippen LogP contribution in [0.15, 0.2) is 28.7 Å². The van der Waals surface area contributed by atoms with Crippen LogP contribution in [-0.2, 0) is 17.9 Å². The average molecular weight is 273 g/mol. The van der Waals surface area contributed by atoms with E-state index in [1.807, 2.05) is 18.2 Å². The van der Waals surface area contributed by atoms with Gasteiger partial charge in [-0.2, -0.15) is 0 Å². The molecule has 1 aromatic heterocycles. The molecule has 1 aromatic carbocycles. The predicted octanol–water partition coefficient (Wildman–Crippen LogP) is 4.13. The highest BCUT2D eigenvalue weighted by molar-refractivity contribution is 5.82. The maximum atomic E-state index is 6.14. The molecule has 3 rings (SSSR count). The zero-order valence-electron chi connectivity index (χ0n) is 11.9. The fourth-order valence-electron chi connectivity index (χ4n) is 3.08. The molecular formula is C17H23NO2. The van der Waals surface area contributed by atoms with E-state index in [-0.39, 0.29) is 0 Å². The zero-order chi connectivity index (χ0) is 13.8. The van der Waals surface area contributed by atoms with Gasteiger partial charge in [-0.3, -0.25) is 0 Å². The van der Waals surface area contributed by atoms with Gasteiger partial charge in [-0.15, -0.1) is 0 Å². The average Bonchev–Trinajstić information content (AvgIpc) is 2.65. The summed E-state index contributed by atoms with van der Waals surface area (Å²) in [4.78, 5) is 0. The molecular weight excluding hydrogens is 250 g/mol. The van der Waals surface area contributed by atoms with Gasteiger partial charge in [0.05, 0.1) is 19.3 Å². The minimum atomic E-state index is 0.400. The van der Waals surface area contributed by atoms with E-state index in [9.17, 15) is 0 Å². The van der Waals surface area contributed by atoms with Crippen LogP contribution in [0.25, 0.3) is 11.0 Å². The molecule has 3 heteroatoms. The van der Waals surface area contributed by atoms with Crippen LogP contribution >= 0.6 is 0 Å². The summed E-state index contributed by atoms with van der Waals surface area (Å²) in [5, 5.41) is 1.14. The van der Waals surface area contributed by atoms with Crippen LogP contribution in [0.2, 0.25) is 0 Å². The van der Waals surface area contributed by atoms with E-state index in [0.29, 0.717) is 19.3 Å². The molecule has 1 saturated carbocycles. The van der Waals surface area contributed by atoms with Crippen molar-refractivity contribution in [3.05, 3.63) is 35.6 Å². The quantitative estimate of drug-likeness (QED) is 0.852. The van der Waals surface area contributed by atoms with E-state index in [1.54, 1.807) is 0 Å². The van der Waals surface area contributed by atoms with Gasteiger partial charge in [0.2, 0.25) is 0 Å². The Labute approximate surface area is 120 Å². The lowest BCUT2D eigenvalue weighted by Crippen LogP contribution is -2.12. The van der Waals surface area contributed by atoms with Gasteiger partial charge in [0.15, 0.2) is 0 Å². The van der Waals surface area contributed by atoms with Gasteiger partial charge in [-0.25, -0.2) is 0 Å². The molecule has 0 unspecified atom stereocenters. The summed E-state index contributed by atoms with van der Waals surface area (Å²) in [6, 6.07) is 8.10. The Balaban J connectivity index is 1.75. The van der Waals surface area contributed by atoms with Gasteiger partial charge in [0.25, 0.3) is 0 Å². The third-order valence-electron chi connectivity index (χ3n) is 4.23. The smallest absolute Gasteiger partial charge is 0.134 e. The van der Waals surface area contributed by atoms with E-state index in [0.717, 1.165) is 22.3 Å². The first-order valence-corrected chi connectivity index (χ1v) is 7.69. The van der Waals surface area contributed by atoms with Crippen molar-refractivity contribution in [2.75, 3.05) is 0 Å². The van der Waals surface area contributed by atoms with Crippen molar-refractivity contribution in [1.82, 2.24) is 0 Å². The highest BCUT2D eigenvalue weighted by Crippen LogP contribution is 2.28. The molecule has 0 atom stereocenters. The number of nitrogens with two attached hydrogens (primary N) is 1. The first-order valence-electron chi connectivity index (χ1n) is 7.69. The minimum Gasteiger partial charge on any atom is -0.459 e. The summed E-state index contributed by atoms with van der Waals surface area (Å²) in [6.07, 6.45) is 8.06. The first-order chi connectivity index (χ1) is 9.88. The molecule has 1 aliphatic rings. The lowest BCUT2D eigenvalue weighted by Gasteiger charge is -2.15. The van der Waals surface area contributed by atoms with Crippen molar-refractivity contribution in [3.8, 4) is 0 Å². The van der Waals surface area contributed by atoms with Crippen LogP contribution in [-0.4, -0.2) is 6.10 Å². The van der Waals surface area contributed by atoms with Crippen molar-refractivity contribution in [3.63, 3.8) is 0 Å². The van der Waals surface area contributed by atoms with Crippen molar-refractivity contribution in [2.24, 2.45) is 5.73 Å². The van der Waals surface area contributed by atoms with Gasteiger partial charge >= 0.3 is 0 Å². The van der Waals surface area contributed by atoms with Gasteiger partial charge in [0.1, 0.15) is 11.3 Å². The maximum Gasteiger partial charge on any atom is 0.134 e. The number of ether oxygens (including phenoxy) is 1. The van der Waals surface area contributed by atoms with Gasteiger partial charge in [-0.05, 0) is 18.9 Å². The lowest BCUT2D eigenvalue weighted by atomic mass is 10.1. The fraction of sp³-hybridized carbons (Fsp3) is 0.529. The first kappa shape index (κ1) is 13.7. The van der Waals surface area contributed by atoms with Crippen LogP contribution in [0.3, 0.4) is 0 Å². The molecule has 0 amide bonds. The molecule has 20 heavy (non-hydrogen) atoms. The molecule has 0 aliphatic heterocycles. The van der Waals surface area contributed by atoms with E-state index in [1.165, 1.54) is 38.5 Å². The molecule has 1 heterocycles. The van der Waals surface area contributed by atoms with E-state index < -0.39 is 0 Å². The highest BCUT2D eigenvalue weighted by Gasteiger charge is 2.17. The summed E-state index contributed by atoms with van der Waals surface area (Å²) in [5.74, 6) is 0.861. The standard InChI is InChI=1S/C17H23NO2/c18-11-17-15(14-9-5-6-10-16(14)20-17)12-19-13-7-3-1-2-4-8-13/h5-6,9-10,13H,1-4,7-8,11-12,18H2. The molecule has 0 spiro atoms. The van der Waals surface area contributed by atoms with Crippen LogP contribution in [0.4, 0.5) is 0 Å². The number of fused-ring (bicyclic) bond motifs is 1. The monoisotopic (exact) mass is 273 g/mol. The number of furan rings is 1. The SMILES string of the molecule is NCc1oc2ccccc2c1COC1CCCCCC1. The van der Waals surface area contributed by atoms with Crippen LogP contribution < -0.4 is 5.73 Å². The number of para-hydroxylation sites is 1. The van der Waals surface area contributed by atoms with E-state index in [2.05, 4.69) is 6.07 Å². The molecule has 0 bridgehead atoms. The summed E-state index contributed by atoms with van der Waals surface area (Å²) < 4.78 is 12.0. The number of hydrogen-bond donors (Lipinski definition) is 1. The summed E-state index contributed by atoms with van der Waals surface area (Å²) in [6.45, 7) is 1.05. The Hall–Kier alpha value is -1.32. The molecule has 0 saturated heterocycles. The summed E-state index contributed by atoms with van der Waals surface area (Å²) >= 11 is 0. The second kappa shape index (κ2) is 6.42. The number of hydrogen-bond acceptors (Lipinski definition) is 3. The number of rotatable bonds is 4. The summed E-state index contributed by atoms with van der Waals surface area (Å²) in [7, 11) is 0. The van der Waals surface area contributed by atoms with Crippen LogP contribution in [0.5, 0.6) is 0 Å². The second-order valence-electron chi connectivity index (χ2n) is 5.63. The minimum absolute atomic E-state index is 0.400. The molecule has 1 fully saturated rings. The Bertz CT molecular complexity index is 553. The Morgan fingerprint density at radius 3 is 2.60 bits per heavy atom. The highest BCUT2D eigenvalue weighted by atomic mass is 16.5. The second-order valence-corrected chi connectivity index (χ2v) is 5.63. The Morgan fingerprint density at radius 1 is 1.10 bits per heavy atom. The molecule has 2 N–H and O–H groups in total. The van der Waals surface area contributed by atoms with Crippen molar-refractivity contribution in [2.45, 2.75) is 57.8 Å². The van der Waals surface area contributed by atoms with E-state index in [4.69, 9.17) is 14.9 Å². The lowest BCUT2D eigenvalue weighted by molar-refractivity contribution is 0.0308. The third kappa shape index (κ3) is 2.89. The fourth-order valence-corrected chi connectivity index (χ4v) is 3.08. The van der Waals surface area contributed by atoms with Gasteiger partial charge in [0, 0.05) is 10.9 Å². The summed E-state index contributed by atoms with van der Waals surface area (Å²) in [5.41, 5.74) is 7.84. The molecule has 108 valence electrons. The zero-order valence-corrected chi connectivity index (χ0v) is 11.9. The van der Waals surface area contributed by atoms with Crippen LogP contribution in [0.1, 0.15) is 49.8 Å². The Morgan fingerprint density at radius 2 is 1.85 bits per heavy atom. The normalized spacial score (nSPS) is 17.4.